The summed E-state index contributed by atoms with van der Waals surface area (Å²) in [5.41, 5.74) is 1.07. The summed E-state index contributed by atoms with van der Waals surface area (Å²) in [5, 5.41) is 8.78. The van der Waals surface area contributed by atoms with Gasteiger partial charge in [0, 0.05) is 18.8 Å². The van der Waals surface area contributed by atoms with Crippen LogP contribution in [0.4, 0.5) is 0 Å². The number of aliphatic hydroxyl groups excluding tert-OH is 1. The third kappa shape index (κ3) is 4.02. The lowest BCUT2D eigenvalue weighted by molar-refractivity contribution is 0.0127. The van der Waals surface area contributed by atoms with Crippen molar-refractivity contribution >= 4 is 0 Å². The number of benzene rings is 1. The first-order chi connectivity index (χ1) is 8.20. The molecule has 0 saturated carbocycles. The van der Waals surface area contributed by atoms with Gasteiger partial charge in [0.2, 0.25) is 0 Å². The van der Waals surface area contributed by atoms with Crippen molar-refractivity contribution in [2.75, 3.05) is 20.3 Å². The molecule has 1 atom stereocenters. The lowest BCUT2D eigenvalue weighted by Gasteiger charge is -2.23. The molecule has 1 aromatic carbocycles. The van der Waals surface area contributed by atoms with Gasteiger partial charge in [-0.2, -0.15) is 0 Å². The number of para-hydroxylation sites is 1. The Morgan fingerprint density at radius 3 is 2.53 bits per heavy atom. The Hall–Kier alpha value is -1.06. The Kier molecular flexibility index (Phi) is 6.01. The van der Waals surface area contributed by atoms with Gasteiger partial charge in [-0.25, -0.2) is 0 Å². The Morgan fingerprint density at radius 2 is 1.94 bits per heavy atom. The average Bonchev–Trinajstić information content (AvgIpc) is 2.34. The second-order valence-electron chi connectivity index (χ2n) is 4.35. The predicted octanol–water partition coefficient (Wildman–Crippen LogP) is 2.79. The van der Waals surface area contributed by atoms with Crippen LogP contribution in [-0.2, 0) is 4.74 Å². The number of hydrogen-bond acceptors (Lipinski definition) is 3. The van der Waals surface area contributed by atoms with Crippen LogP contribution in [0.15, 0.2) is 24.3 Å². The van der Waals surface area contributed by atoms with Crippen molar-refractivity contribution in [3.05, 3.63) is 29.8 Å². The van der Waals surface area contributed by atoms with Crippen LogP contribution in [0.2, 0.25) is 0 Å². The number of rotatable bonds is 7. The molecule has 1 aromatic rings. The smallest absolute Gasteiger partial charge is 0.124 e. The average molecular weight is 238 g/mol. The summed E-state index contributed by atoms with van der Waals surface area (Å²) in [7, 11) is 1.67. The fourth-order valence-corrected chi connectivity index (χ4v) is 1.82. The van der Waals surface area contributed by atoms with E-state index < -0.39 is 0 Å². The minimum Gasteiger partial charge on any atom is -0.496 e. The van der Waals surface area contributed by atoms with Crippen LogP contribution < -0.4 is 4.74 Å². The maximum Gasteiger partial charge on any atom is 0.124 e. The fourth-order valence-electron chi connectivity index (χ4n) is 1.82. The maximum atomic E-state index is 8.78. The Balaban J connectivity index is 2.81. The van der Waals surface area contributed by atoms with Gasteiger partial charge in [-0.1, -0.05) is 32.0 Å². The highest BCUT2D eigenvalue weighted by atomic mass is 16.5. The van der Waals surface area contributed by atoms with E-state index in [-0.39, 0.29) is 12.7 Å². The molecule has 3 nitrogen and oxygen atoms in total. The molecule has 0 spiro atoms. The van der Waals surface area contributed by atoms with Gasteiger partial charge in [0.05, 0.1) is 13.2 Å². The van der Waals surface area contributed by atoms with Gasteiger partial charge in [-0.05, 0) is 18.4 Å². The number of hydrogen-bond donors (Lipinski definition) is 1. The molecule has 0 radical (unpaired) electrons. The highest BCUT2D eigenvalue weighted by molar-refractivity contribution is 5.35. The molecule has 3 heteroatoms. The molecule has 0 aliphatic carbocycles. The zero-order valence-electron chi connectivity index (χ0n) is 10.8. The van der Waals surface area contributed by atoms with Gasteiger partial charge in [-0.3, -0.25) is 0 Å². The fraction of sp³-hybridized carbons (Fsp3) is 0.571. The standard InChI is InChI=1S/C14H22O3/c1-11(2)14(17-10-6-9-15)12-7-4-5-8-13(12)16-3/h4-5,7-8,11,14-15H,6,9-10H2,1-3H3. The van der Waals surface area contributed by atoms with E-state index >= 15 is 0 Å². The second kappa shape index (κ2) is 7.30. The van der Waals surface area contributed by atoms with Crippen LogP contribution in [0.1, 0.15) is 31.9 Å². The minimum absolute atomic E-state index is 0.0118. The van der Waals surface area contributed by atoms with E-state index in [1.165, 1.54) is 0 Å². The van der Waals surface area contributed by atoms with Gasteiger partial charge in [-0.15, -0.1) is 0 Å². The van der Waals surface area contributed by atoms with Crippen LogP contribution in [-0.4, -0.2) is 25.4 Å². The summed E-state index contributed by atoms with van der Waals surface area (Å²) < 4.78 is 11.2. The lowest BCUT2D eigenvalue weighted by Crippen LogP contribution is -2.13. The summed E-state index contributed by atoms with van der Waals surface area (Å²) in [6.07, 6.45) is 0.677. The zero-order valence-corrected chi connectivity index (χ0v) is 10.8. The molecular weight excluding hydrogens is 216 g/mol. The summed E-state index contributed by atoms with van der Waals surface area (Å²) in [6.45, 7) is 4.97. The van der Waals surface area contributed by atoms with Crippen molar-refractivity contribution < 1.29 is 14.6 Å². The van der Waals surface area contributed by atoms with Crippen molar-refractivity contribution in [1.29, 1.82) is 0 Å². The first kappa shape index (κ1) is 14.0. The van der Waals surface area contributed by atoms with Gasteiger partial charge in [0.25, 0.3) is 0 Å². The van der Waals surface area contributed by atoms with E-state index in [0.29, 0.717) is 18.9 Å². The Labute approximate surface area is 103 Å². The minimum atomic E-state index is 0.0118. The first-order valence-corrected chi connectivity index (χ1v) is 6.06. The summed E-state index contributed by atoms with van der Waals surface area (Å²) in [4.78, 5) is 0. The van der Waals surface area contributed by atoms with E-state index in [1.54, 1.807) is 7.11 Å². The summed E-state index contributed by atoms with van der Waals surface area (Å²) >= 11 is 0. The van der Waals surface area contributed by atoms with E-state index in [0.717, 1.165) is 11.3 Å². The molecule has 17 heavy (non-hydrogen) atoms. The predicted molar refractivity (Wildman–Crippen MR) is 68.2 cm³/mol. The van der Waals surface area contributed by atoms with Crippen LogP contribution in [0.5, 0.6) is 5.75 Å². The van der Waals surface area contributed by atoms with Crippen molar-refractivity contribution in [2.45, 2.75) is 26.4 Å². The zero-order chi connectivity index (χ0) is 12.7. The quantitative estimate of drug-likeness (QED) is 0.742. The Bertz CT molecular complexity index is 323. The van der Waals surface area contributed by atoms with Crippen molar-refractivity contribution in [3.8, 4) is 5.75 Å². The molecule has 0 aliphatic heterocycles. The van der Waals surface area contributed by atoms with Gasteiger partial charge in [0.1, 0.15) is 5.75 Å². The molecule has 0 amide bonds. The normalized spacial score (nSPS) is 12.8. The van der Waals surface area contributed by atoms with Gasteiger partial charge in [0.15, 0.2) is 0 Å². The molecule has 0 saturated heterocycles. The number of methoxy groups -OCH3 is 1. The van der Waals surface area contributed by atoms with Crippen LogP contribution >= 0.6 is 0 Å². The highest BCUT2D eigenvalue weighted by Gasteiger charge is 2.19. The molecule has 1 unspecified atom stereocenters. The Morgan fingerprint density at radius 1 is 1.24 bits per heavy atom. The van der Waals surface area contributed by atoms with Crippen LogP contribution in [0.25, 0.3) is 0 Å². The lowest BCUT2D eigenvalue weighted by atomic mass is 9.98. The van der Waals surface area contributed by atoms with Crippen molar-refractivity contribution in [3.63, 3.8) is 0 Å². The first-order valence-electron chi connectivity index (χ1n) is 6.06. The molecule has 1 N–H and O–H groups in total. The van der Waals surface area contributed by atoms with Gasteiger partial charge >= 0.3 is 0 Å². The second-order valence-corrected chi connectivity index (χ2v) is 4.35. The van der Waals surface area contributed by atoms with Crippen LogP contribution in [0.3, 0.4) is 0 Å². The van der Waals surface area contributed by atoms with Crippen molar-refractivity contribution in [1.82, 2.24) is 0 Å². The van der Waals surface area contributed by atoms with E-state index in [4.69, 9.17) is 14.6 Å². The highest BCUT2D eigenvalue weighted by Crippen LogP contribution is 2.32. The largest absolute Gasteiger partial charge is 0.496 e. The maximum absolute atomic E-state index is 8.78. The number of aliphatic hydroxyl groups is 1. The molecule has 96 valence electrons. The van der Waals surface area contributed by atoms with E-state index in [1.807, 2.05) is 24.3 Å². The third-order valence-corrected chi connectivity index (χ3v) is 2.65. The molecule has 0 heterocycles. The molecule has 0 bridgehead atoms. The van der Waals surface area contributed by atoms with Crippen molar-refractivity contribution in [2.24, 2.45) is 5.92 Å². The van der Waals surface area contributed by atoms with E-state index in [2.05, 4.69) is 13.8 Å². The SMILES string of the molecule is COc1ccccc1C(OCCCO)C(C)C. The topological polar surface area (TPSA) is 38.7 Å². The number of ether oxygens (including phenoxy) is 2. The summed E-state index contributed by atoms with van der Waals surface area (Å²) in [6, 6.07) is 7.92. The molecular formula is C14H22O3. The summed E-state index contributed by atoms with van der Waals surface area (Å²) in [5.74, 6) is 1.22. The molecule has 0 fully saturated rings. The van der Waals surface area contributed by atoms with E-state index in [9.17, 15) is 0 Å². The monoisotopic (exact) mass is 238 g/mol. The van der Waals surface area contributed by atoms with Gasteiger partial charge < -0.3 is 14.6 Å². The third-order valence-electron chi connectivity index (χ3n) is 2.65. The van der Waals surface area contributed by atoms with Crippen LogP contribution in [0, 0.1) is 5.92 Å². The molecule has 0 aromatic heterocycles. The molecule has 0 aliphatic rings. The molecule has 1 rings (SSSR count).